The molecule has 0 saturated heterocycles. The van der Waals surface area contributed by atoms with E-state index < -0.39 is 5.37 Å². The predicted octanol–water partition coefficient (Wildman–Crippen LogP) is 0.726. The summed E-state index contributed by atoms with van der Waals surface area (Å²) < 4.78 is 0. The minimum Gasteiger partial charge on any atom is -0.356 e. The maximum absolute atomic E-state index is 8.99. The third-order valence-electron chi connectivity index (χ3n) is 0. The van der Waals surface area contributed by atoms with Crippen LogP contribution in [0.5, 0.6) is 0 Å². The lowest BCUT2D eigenvalue weighted by Crippen LogP contribution is -1.94. The molecule has 0 aliphatic heterocycles. The molecule has 0 atom stereocenters. The molecule has 0 aromatic rings. The second kappa shape index (κ2) is 4.05. The highest BCUT2D eigenvalue weighted by Gasteiger charge is 1.66. The van der Waals surface area contributed by atoms with Gasteiger partial charge in [0.2, 0.25) is 0 Å². The van der Waals surface area contributed by atoms with Crippen molar-refractivity contribution in [2.75, 3.05) is 0 Å². The third-order valence-corrected chi connectivity index (χ3v) is 0. The molecule has 0 radical (unpaired) electrons. The van der Waals surface area contributed by atoms with E-state index in [-0.39, 0.29) is 12.4 Å². The molecule has 0 saturated carbocycles. The molecule has 1 amide bonds. The van der Waals surface area contributed by atoms with Gasteiger partial charge in [-0.3, -0.25) is 4.79 Å². The second-order valence-corrected chi connectivity index (χ2v) is 0.677. The summed E-state index contributed by atoms with van der Waals surface area (Å²) in [5, 5.41) is -0.861. The number of carbonyl (C=O) groups is 1. The highest BCUT2D eigenvalue weighted by molar-refractivity contribution is 6.62. The van der Waals surface area contributed by atoms with Crippen molar-refractivity contribution < 1.29 is 4.79 Å². The summed E-state index contributed by atoms with van der Waals surface area (Å²) in [5.74, 6) is 0. The number of hydrogen-bond donors (Lipinski definition) is 1. The Morgan fingerprint density at radius 2 is 1.80 bits per heavy atom. The van der Waals surface area contributed by atoms with Gasteiger partial charge >= 0.3 is 5.37 Å². The van der Waals surface area contributed by atoms with E-state index in [1.54, 1.807) is 0 Å². The van der Waals surface area contributed by atoms with E-state index in [9.17, 15) is 0 Å². The molecule has 0 heterocycles. The zero-order valence-electron chi connectivity index (χ0n) is 2.27. The number of carbonyl (C=O) groups excluding carboxylic acids is 1. The van der Waals surface area contributed by atoms with Crippen LogP contribution in [0, 0.1) is 0 Å². The van der Waals surface area contributed by atoms with E-state index in [4.69, 9.17) is 4.79 Å². The zero-order valence-corrected chi connectivity index (χ0v) is 3.84. The predicted molar refractivity (Wildman–Crippen MR) is 22.7 cm³/mol. The Bertz CT molecular complexity index is 32.6. The van der Waals surface area contributed by atoms with Crippen LogP contribution in [0.4, 0.5) is 4.79 Å². The minimum atomic E-state index is -0.861. The van der Waals surface area contributed by atoms with Crippen molar-refractivity contribution in [3.05, 3.63) is 0 Å². The van der Waals surface area contributed by atoms with E-state index >= 15 is 0 Å². The topological polar surface area (TPSA) is 43.1 Å². The van der Waals surface area contributed by atoms with Crippen LogP contribution in [0.3, 0.4) is 0 Å². The van der Waals surface area contributed by atoms with Gasteiger partial charge in [-0.2, -0.15) is 0 Å². The zero-order chi connectivity index (χ0) is 3.58. The van der Waals surface area contributed by atoms with Gasteiger partial charge < -0.3 is 5.73 Å². The van der Waals surface area contributed by atoms with E-state index in [0.717, 1.165) is 0 Å². The summed E-state index contributed by atoms with van der Waals surface area (Å²) in [6, 6.07) is 0. The molecule has 32 valence electrons. The van der Waals surface area contributed by atoms with Crippen molar-refractivity contribution >= 4 is 29.4 Å². The van der Waals surface area contributed by atoms with Crippen LogP contribution >= 0.6 is 24.0 Å². The van der Waals surface area contributed by atoms with E-state index in [1.165, 1.54) is 0 Å². The highest BCUT2D eigenvalue weighted by Crippen LogP contribution is 1.62. The Balaban J connectivity index is 0. The Labute approximate surface area is 40.7 Å². The fraction of sp³-hybridized carbons (Fsp3) is 0. The van der Waals surface area contributed by atoms with Crippen LogP contribution in [0.1, 0.15) is 0 Å². The van der Waals surface area contributed by atoms with Crippen LogP contribution in [-0.4, -0.2) is 5.37 Å². The van der Waals surface area contributed by atoms with Gasteiger partial charge in [0.25, 0.3) is 0 Å². The van der Waals surface area contributed by atoms with Crippen molar-refractivity contribution in [3.8, 4) is 0 Å². The first-order valence-electron chi connectivity index (χ1n) is 0.682. The second-order valence-electron chi connectivity index (χ2n) is 0.304. The van der Waals surface area contributed by atoms with Gasteiger partial charge in [0.1, 0.15) is 0 Å². The smallest absolute Gasteiger partial charge is 0.311 e. The molecule has 0 rings (SSSR count). The Kier molecular flexibility index (Phi) is 7.21. The summed E-state index contributed by atoms with van der Waals surface area (Å²) in [4.78, 5) is 8.99. The molecule has 5 heavy (non-hydrogen) atoms. The maximum Gasteiger partial charge on any atom is 0.311 e. The van der Waals surface area contributed by atoms with Crippen molar-refractivity contribution in [2.24, 2.45) is 5.73 Å². The summed E-state index contributed by atoms with van der Waals surface area (Å²) in [6.07, 6.45) is 0. The van der Waals surface area contributed by atoms with E-state index in [2.05, 4.69) is 17.3 Å². The quantitative estimate of drug-likeness (QED) is 0.367. The van der Waals surface area contributed by atoms with Crippen molar-refractivity contribution in [1.82, 2.24) is 0 Å². The molecule has 0 aromatic heterocycles. The molecule has 0 aliphatic rings. The average molecular weight is 116 g/mol. The number of hydrogen-bond acceptors (Lipinski definition) is 1. The molecule has 0 unspecified atom stereocenters. The van der Waals surface area contributed by atoms with E-state index in [1.807, 2.05) is 0 Å². The molecule has 0 bridgehead atoms. The SMILES string of the molecule is Cl.NC(=O)Cl. The number of nitrogens with two attached hydrogens (primary N) is 1. The maximum atomic E-state index is 8.99. The fourth-order valence-electron chi connectivity index (χ4n) is 0. The molecule has 2 N–H and O–H groups in total. The molecular weight excluding hydrogens is 113 g/mol. The first-order valence-corrected chi connectivity index (χ1v) is 1.06. The minimum absolute atomic E-state index is 0. The van der Waals surface area contributed by atoms with E-state index in [0.29, 0.717) is 0 Å². The van der Waals surface area contributed by atoms with Crippen molar-refractivity contribution in [2.45, 2.75) is 0 Å². The number of rotatable bonds is 0. The fourth-order valence-corrected chi connectivity index (χ4v) is 0. The third kappa shape index (κ3) is 6810. The standard InChI is InChI=1S/CH2ClNO.ClH/c2-1(3)4;/h(H2,3,4);1H. The highest BCUT2D eigenvalue weighted by atomic mass is 35.5. The summed E-state index contributed by atoms with van der Waals surface area (Å²) >= 11 is 4.41. The number of primary amides is 1. The largest absolute Gasteiger partial charge is 0.356 e. The van der Waals surface area contributed by atoms with Gasteiger partial charge in [-0.25, -0.2) is 0 Å². The van der Waals surface area contributed by atoms with Gasteiger partial charge in [0.05, 0.1) is 0 Å². The lowest BCUT2D eigenvalue weighted by atomic mass is 11.5. The Hall–Kier alpha value is 0.0500. The van der Waals surface area contributed by atoms with Crippen LogP contribution < -0.4 is 5.73 Å². The van der Waals surface area contributed by atoms with Gasteiger partial charge in [0, 0.05) is 0 Å². The molecule has 0 spiro atoms. The lowest BCUT2D eigenvalue weighted by molar-refractivity contribution is 0.266. The molecule has 2 nitrogen and oxygen atoms in total. The van der Waals surface area contributed by atoms with Crippen LogP contribution in [0.15, 0.2) is 0 Å². The number of halogens is 2. The van der Waals surface area contributed by atoms with Crippen molar-refractivity contribution in [3.63, 3.8) is 0 Å². The average Bonchev–Trinajstić information content (AvgIpc) is 0.811. The van der Waals surface area contributed by atoms with Crippen LogP contribution in [0.25, 0.3) is 0 Å². The first-order chi connectivity index (χ1) is 1.73. The van der Waals surface area contributed by atoms with Gasteiger partial charge in [-0.1, -0.05) is 0 Å². The van der Waals surface area contributed by atoms with Crippen LogP contribution in [0.2, 0.25) is 0 Å². The monoisotopic (exact) mass is 115 g/mol. The molecule has 0 aromatic carbocycles. The van der Waals surface area contributed by atoms with Crippen molar-refractivity contribution in [1.29, 1.82) is 0 Å². The molecule has 0 aliphatic carbocycles. The molecular formula is CH3Cl2NO. The number of amides is 1. The van der Waals surface area contributed by atoms with Gasteiger partial charge in [-0.15, -0.1) is 12.4 Å². The Morgan fingerprint density at radius 1 is 1.80 bits per heavy atom. The molecule has 0 fully saturated rings. The summed E-state index contributed by atoms with van der Waals surface area (Å²) in [5.41, 5.74) is 4.24. The normalized spacial score (nSPS) is 5.00. The lowest BCUT2D eigenvalue weighted by Gasteiger charge is -1.56. The van der Waals surface area contributed by atoms with Gasteiger partial charge in [0.15, 0.2) is 0 Å². The first kappa shape index (κ1) is 8.90. The van der Waals surface area contributed by atoms with Gasteiger partial charge in [-0.05, 0) is 11.6 Å². The van der Waals surface area contributed by atoms with Crippen LogP contribution in [-0.2, 0) is 0 Å². The Morgan fingerprint density at radius 3 is 1.80 bits per heavy atom. The summed E-state index contributed by atoms with van der Waals surface area (Å²) in [7, 11) is 0. The molecule has 4 heteroatoms. The summed E-state index contributed by atoms with van der Waals surface area (Å²) in [6.45, 7) is 0.